The molecule has 154 valence electrons. The number of benzene rings is 1. The fraction of sp³-hybridized carbons (Fsp3) is 0.565. The van der Waals surface area contributed by atoms with Crippen molar-refractivity contribution in [1.82, 2.24) is 14.5 Å². The van der Waals surface area contributed by atoms with Gasteiger partial charge in [-0.05, 0) is 57.9 Å². The molecule has 2 aromatic rings. The van der Waals surface area contributed by atoms with Gasteiger partial charge in [-0.25, -0.2) is 9.78 Å². The van der Waals surface area contributed by atoms with Gasteiger partial charge >= 0.3 is 5.97 Å². The summed E-state index contributed by atoms with van der Waals surface area (Å²) in [7, 11) is 1.38. The number of carbonyl (C=O) groups excluding carboxylic acids is 1. The third-order valence-electron chi connectivity index (χ3n) is 5.13. The largest absolute Gasteiger partial charge is 0.466 e. The zero-order valence-electron chi connectivity index (χ0n) is 18.2. The summed E-state index contributed by atoms with van der Waals surface area (Å²) in [6.45, 7) is 13.2. The maximum atomic E-state index is 11.4. The molecule has 1 aromatic carbocycles. The van der Waals surface area contributed by atoms with Crippen molar-refractivity contribution >= 4 is 23.1 Å². The molecule has 0 radical (unpaired) electrons. The number of aromatic nitrogens is 2. The van der Waals surface area contributed by atoms with E-state index in [-0.39, 0.29) is 5.97 Å². The number of nitrogens with zero attached hydrogens (tertiary/aromatic N) is 3. The number of methoxy groups -OCH3 is 1. The van der Waals surface area contributed by atoms with Crippen LogP contribution in [0.25, 0.3) is 17.1 Å². The fourth-order valence-corrected chi connectivity index (χ4v) is 3.64. The summed E-state index contributed by atoms with van der Waals surface area (Å²) in [5, 5.41) is 0. The lowest BCUT2D eigenvalue weighted by Gasteiger charge is -2.30. The van der Waals surface area contributed by atoms with Crippen LogP contribution in [0.1, 0.15) is 58.8 Å². The highest BCUT2D eigenvalue weighted by atomic mass is 16.5. The molecule has 2 rings (SSSR count). The summed E-state index contributed by atoms with van der Waals surface area (Å²) in [4.78, 5) is 18.8. The Morgan fingerprint density at radius 3 is 2.57 bits per heavy atom. The van der Waals surface area contributed by atoms with Crippen LogP contribution < -0.4 is 0 Å². The van der Waals surface area contributed by atoms with Crippen LogP contribution in [-0.4, -0.2) is 46.2 Å². The highest BCUT2D eigenvalue weighted by molar-refractivity contribution is 5.88. The number of hydrogen-bond acceptors (Lipinski definition) is 4. The minimum Gasteiger partial charge on any atom is -0.466 e. The van der Waals surface area contributed by atoms with Crippen molar-refractivity contribution in [1.29, 1.82) is 0 Å². The molecule has 0 N–H and O–H groups in total. The second kappa shape index (κ2) is 10.4. The average molecular weight is 386 g/mol. The smallest absolute Gasteiger partial charge is 0.330 e. The van der Waals surface area contributed by atoms with Crippen LogP contribution in [-0.2, 0) is 22.5 Å². The molecule has 5 heteroatoms. The first kappa shape index (κ1) is 22.2. The number of unbranched alkanes of at least 4 members (excludes halogenated alkanes) is 1. The van der Waals surface area contributed by atoms with E-state index >= 15 is 0 Å². The maximum Gasteiger partial charge on any atom is 0.330 e. The maximum absolute atomic E-state index is 11.4. The van der Waals surface area contributed by atoms with Crippen LogP contribution in [0.5, 0.6) is 0 Å². The van der Waals surface area contributed by atoms with Gasteiger partial charge in [-0.1, -0.05) is 19.4 Å². The zero-order chi connectivity index (χ0) is 20.7. The predicted molar refractivity (Wildman–Crippen MR) is 116 cm³/mol. The number of carbonyl (C=O) groups is 1. The summed E-state index contributed by atoms with van der Waals surface area (Å²) in [5.74, 6) is 0.801. The quantitative estimate of drug-likeness (QED) is 0.440. The van der Waals surface area contributed by atoms with Gasteiger partial charge < -0.3 is 9.30 Å². The Morgan fingerprint density at radius 1 is 1.25 bits per heavy atom. The minimum absolute atomic E-state index is 0.350. The number of esters is 1. The zero-order valence-corrected chi connectivity index (χ0v) is 18.2. The highest BCUT2D eigenvalue weighted by Crippen LogP contribution is 2.21. The van der Waals surface area contributed by atoms with Gasteiger partial charge in [0.05, 0.1) is 18.1 Å². The average Bonchev–Trinajstić information content (AvgIpc) is 3.00. The molecular weight excluding hydrogens is 350 g/mol. The summed E-state index contributed by atoms with van der Waals surface area (Å²) in [6.07, 6.45) is 6.49. The molecule has 28 heavy (non-hydrogen) atoms. The van der Waals surface area contributed by atoms with Crippen molar-refractivity contribution in [2.75, 3.05) is 13.7 Å². The number of rotatable bonds is 10. The first-order chi connectivity index (χ1) is 13.4. The Balaban J connectivity index is 2.33. The Morgan fingerprint density at radius 2 is 1.96 bits per heavy atom. The molecule has 0 aliphatic rings. The second-order valence-electron chi connectivity index (χ2n) is 7.81. The highest BCUT2D eigenvalue weighted by Gasteiger charge is 2.16. The topological polar surface area (TPSA) is 47.4 Å². The van der Waals surface area contributed by atoms with Crippen LogP contribution in [0.3, 0.4) is 0 Å². The Labute approximate surface area is 169 Å². The molecule has 1 aromatic heterocycles. The Kier molecular flexibility index (Phi) is 8.24. The standard InChI is InChI=1S/C23H35N3O2/c1-7-8-9-22-24-20-16-19(11-13-23(27)28-6)10-12-21(20)26(22)15-14-25(17(2)3)18(4)5/h10-13,16-18H,7-9,14-15H2,1-6H3/b13-11+. The summed E-state index contributed by atoms with van der Waals surface area (Å²) in [5.41, 5.74) is 3.10. The van der Waals surface area contributed by atoms with E-state index in [1.165, 1.54) is 13.2 Å². The summed E-state index contributed by atoms with van der Waals surface area (Å²) in [6, 6.07) is 7.23. The van der Waals surface area contributed by atoms with Crippen LogP contribution in [0.15, 0.2) is 24.3 Å². The van der Waals surface area contributed by atoms with Crippen molar-refractivity contribution in [3.63, 3.8) is 0 Å². The van der Waals surface area contributed by atoms with E-state index in [1.807, 2.05) is 12.1 Å². The predicted octanol–water partition coefficient (Wildman–Crippen LogP) is 4.68. The minimum atomic E-state index is -0.350. The van der Waals surface area contributed by atoms with Crippen molar-refractivity contribution in [3.05, 3.63) is 35.7 Å². The molecule has 5 nitrogen and oxygen atoms in total. The van der Waals surface area contributed by atoms with Crippen LogP contribution >= 0.6 is 0 Å². The van der Waals surface area contributed by atoms with Crippen LogP contribution in [0.2, 0.25) is 0 Å². The van der Waals surface area contributed by atoms with E-state index in [0.717, 1.165) is 54.8 Å². The van der Waals surface area contributed by atoms with Gasteiger partial charge in [0, 0.05) is 37.7 Å². The van der Waals surface area contributed by atoms with Gasteiger partial charge in [0.2, 0.25) is 0 Å². The normalized spacial score (nSPS) is 12.2. The molecule has 0 aliphatic carbocycles. The second-order valence-corrected chi connectivity index (χ2v) is 7.81. The van der Waals surface area contributed by atoms with Crippen molar-refractivity contribution < 1.29 is 9.53 Å². The Hall–Kier alpha value is -2.14. The molecule has 0 aliphatic heterocycles. The summed E-state index contributed by atoms with van der Waals surface area (Å²) >= 11 is 0. The number of hydrogen-bond donors (Lipinski definition) is 0. The number of ether oxygens (including phenoxy) is 1. The van der Waals surface area contributed by atoms with E-state index in [1.54, 1.807) is 6.08 Å². The lowest BCUT2D eigenvalue weighted by Crippen LogP contribution is -2.39. The molecular formula is C23H35N3O2. The van der Waals surface area contributed by atoms with Crippen molar-refractivity contribution in [2.45, 2.75) is 72.5 Å². The van der Waals surface area contributed by atoms with Gasteiger partial charge in [-0.3, -0.25) is 4.90 Å². The first-order valence-corrected chi connectivity index (χ1v) is 10.4. The van der Waals surface area contributed by atoms with Gasteiger partial charge in [0.15, 0.2) is 0 Å². The summed E-state index contributed by atoms with van der Waals surface area (Å²) < 4.78 is 7.04. The van der Waals surface area contributed by atoms with E-state index < -0.39 is 0 Å². The molecule has 0 bridgehead atoms. The van der Waals surface area contributed by atoms with Crippen LogP contribution in [0, 0.1) is 0 Å². The molecule has 0 amide bonds. The lowest BCUT2D eigenvalue weighted by atomic mass is 10.2. The molecule has 0 atom stereocenters. The van der Waals surface area contributed by atoms with Gasteiger partial charge in [-0.2, -0.15) is 0 Å². The van der Waals surface area contributed by atoms with E-state index in [9.17, 15) is 4.79 Å². The van der Waals surface area contributed by atoms with Crippen LogP contribution in [0.4, 0.5) is 0 Å². The SMILES string of the molecule is CCCCc1nc2cc(/C=C/C(=O)OC)ccc2n1CCN(C(C)C)C(C)C. The first-order valence-electron chi connectivity index (χ1n) is 10.4. The van der Waals surface area contributed by atoms with Gasteiger partial charge in [0.25, 0.3) is 0 Å². The van der Waals surface area contributed by atoms with E-state index in [2.05, 4.69) is 54.9 Å². The number of imidazole rings is 1. The third kappa shape index (κ3) is 5.68. The number of fused-ring (bicyclic) bond motifs is 1. The monoisotopic (exact) mass is 385 g/mol. The Bertz CT molecular complexity index is 798. The van der Waals surface area contributed by atoms with Gasteiger partial charge in [0.1, 0.15) is 5.82 Å². The molecule has 0 fully saturated rings. The molecule has 0 saturated carbocycles. The lowest BCUT2D eigenvalue weighted by molar-refractivity contribution is -0.134. The van der Waals surface area contributed by atoms with Crippen molar-refractivity contribution in [2.24, 2.45) is 0 Å². The molecule has 0 unspecified atom stereocenters. The third-order valence-corrected chi connectivity index (χ3v) is 5.13. The molecule has 0 spiro atoms. The van der Waals surface area contributed by atoms with Crippen molar-refractivity contribution in [3.8, 4) is 0 Å². The van der Waals surface area contributed by atoms with E-state index in [4.69, 9.17) is 4.98 Å². The molecule has 1 heterocycles. The van der Waals surface area contributed by atoms with Gasteiger partial charge in [-0.15, -0.1) is 0 Å². The number of aryl methyl sites for hydroxylation is 1. The van der Waals surface area contributed by atoms with E-state index in [0.29, 0.717) is 12.1 Å². The fourth-order valence-electron chi connectivity index (χ4n) is 3.64. The molecule has 0 saturated heterocycles.